The number of H-pyrrole nitrogens is 1. The Kier molecular flexibility index (Phi) is 8.44. The van der Waals surface area contributed by atoms with Crippen LogP contribution in [-0.4, -0.2) is 48.7 Å². The number of carbonyl (C=O) groups excluding carboxylic acids is 2. The van der Waals surface area contributed by atoms with Gasteiger partial charge in [0.2, 0.25) is 0 Å². The van der Waals surface area contributed by atoms with E-state index in [1.54, 1.807) is 12.1 Å². The molecule has 0 fully saturated rings. The lowest BCUT2D eigenvalue weighted by Crippen LogP contribution is -2.48. The Balaban J connectivity index is 1.73. The minimum absolute atomic E-state index is 0.0631. The number of rotatable bonds is 9. The van der Waals surface area contributed by atoms with Crippen molar-refractivity contribution in [3.8, 4) is 0 Å². The van der Waals surface area contributed by atoms with Crippen LogP contribution in [0.25, 0.3) is 0 Å². The minimum atomic E-state index is -0.742. The molecule has 1 unspecified atom stereocenters. The van der Waals surface area contributed by atoms with Crippen LogP contribution in [0.4, 0.5) is 5.95 Å². The molecule has 1 aliphatic heterocycles. The van der Waals surface area contributed by atoms with Gasteiger partial charge in [-0.05, 0) is 91.1 Å². The summed E-state index contributed by atoms with van der Waals surface area (Å²) in [5.74, 6) is -0.0418. The Hall–Kier alpha value is -3.59. The number of tetrazole rings is 1. The van der Waals surface area contributed by atoms with E-state index < -0.39 is 5.66 Å². The van der Waals surface area contributed by atoms with Crippen LogP contribution in [0.15, 0.2) is 47.5 Å². The van der Waals surface area contributed by atoms with Crippen molar-refractivity contribution in [3.05, 3.63) is 69.7 Å². The van der Waals surface area contributed by atoms with Crippen LogP contribution < -0.4 is 5.32 Å². The summed E-state index contributed by atoms with van der Waals surface area (Å²) in [7, 11) is 0. The van der Waals surface area contributed by atoms with Gasteiger partial charge in [-0.25, -0.2) is 0 Å². The Labute approximate surface area is 240 Å². The summed E-state index contributed by atoms with van der Waals surface area (Å²) in [5, 5.41) is 16.5. The second-order valence-corrected chi connectivity index (χ2v) is 12.8. The highest BCUT2D eigenvalue weighted by molar-refractivity contribution is 6.47. The third kappa shape index (κ3) is 6.75. The fourth-order valence-corrected chi connectivity index (χ4v) is 5.68. The van der Waals surface area contributed by atoms with Gasteiger partial charge in [0, 0.05) is 16.1 Å². The number of benzene rings is 2. The van der Waals surface area contributed by atoms with Gasteiger partial charge < -0.3 is 4.90 Å². The third-order valence-corrected chi connectivity index (χ3v) is 7.23. The van der Waals surface area contributed by atoms with Crippen LogP contribution in [0.3, 0.4) is 0 Å². The van der Waals surface area contributed by atoms with Gasteiger partial charge in [0.1, 0.15) is 11.4 Å². The molecule has 40 heavy (non-hydrogen) atoms. The normalized spacial score (nSPS) is 18.3. The third-order valence-electron chi connectivity index (χ3n) is 7.01. The first kappa shape index (κ1) is 29.4. The van der Waals surface area contributed by atoms with Crippen LogP contribution in [0, 0.1) is 18.3 Å². The number of hydrogen-bond acceptors (Lipinski definition) is 6. The number of aromatic amines is 1. The van der Waals surface area contributed by atoms with E-state index in [9.17, 15) is 9.59 Å². The van der Waals surface area contributed by atoms with Crippen molar-refractivity contribution in [2.75, 3.05) is 5.32 Å². The average molecular weight is 564 g/mol. The van der Waals surface area contributed by atoms with Crippen molar-refractivity contribution in [1.82, 2.24) is 25.5 Å². The lowest BCUT2D eigenvalue weighted by molar-refractivity contribution is -0.131. The maximum absolute atomic E-state index is 14.3. The number of aryl methyl sites for hydroxylation is 1. The summed E-state index contributed by atoms with van der Waals surface area (Å²) < 4.78 is 0. The number of halogens is 1. The number of aliphatic imine (C=N–C) groups is 1. The molecular formula is C30H38ClN7O2. The van der Waals surface area contributed by atoms with E-state index in [0.29, 0.717) is 28.6 Å². The average Bonchev–Trinajstić information content (AvgIpc) is 3.44. The molecule has 2 atom stereocenters. The topological polar surface area (TPSA) is 116 Å². The quantitative estimate of drug-likeness (QED) is 0.313. The maximum atomic E-state index is 14.3. The second kappa shape index (κ2) is 11.5. The largest absolute Gasteiger partial charge is 0.306 e. The van der Waals surface area contributed by atoms with Crippen molar-refractivity contribution in [2.45, 2.75) is 79.4 Å². The number of hydrogen-bond donors (Lipinski definition) is 2. The van der Waals surface area contributed by atoms with Gasteiger partial charge in [0.15, 0.2) is 0 Å². The molecule has 1 aliphatic rings. The standard InChI is InChI=1S/C30H38ClN7O2/c1-18(2)17-30(7)33-25(22-14-19(3)15-23(31)16-22)27(40)38(30)24(12-13-29(4,5)6)20-8-10-21(11-9-20)26(39)32-28-34-36-37-35-28/h8-11,14-16,18,24H,12-13,17H2,1-7H3,(H2,32,34,35,36,37,39)/t24-,30?/m1/s1. The molecule has 0 spiro atoms. The van der Waals surface area contributed by atoms with Crippen molar-refractivity contribution >= 4 is 35.1 Å². The zero-order valence-corrected chi connectivity index (χ0v) is 25.0. The molecule has 212 valence electrons. The monoisotopic (exact) mass is 563 g/mol. The molecule has 0 saturated heterocycles. The predicted octanol–water partition coefficient (Wildman–Crippen LogP) is 6.38. The molecule has 0 radical (unpaired) electrons. The molecule has 2 heterocycles. The Morgan fingerprint density at radius 2 is 1.85 bits per heavy atom. The molecule has 0 bridgehead atoms. The number of nitrogens with zero attached hydrogens (tertiary/aromatic N) is 5. The summed E-state index contributed by atoms with van der Waals surface area (Å²) in [4.78, 5) is 34.1. The number of nitrogens with one attached hydrogen (secondary N) is 2. The number of amides is 2. The number of anilines is 1. The van der Waals surface area contributed by atoms with E-state index in [1.165, 1.54) is 0 Å². The summed E-state index contributed by atoms with van der Waals surface area (Å²) in [5.41, 5.74) is 2.86. The zero-order chi connectivity index (χ0) is 29.2. The van der Waals surface area contributed by atoms with Crippen LogP contribution in [-0.2, 0) is 4.79 Å². The molecule has 10 heteroatoms. The molecule has 0 saturated carbocycles. The fourth-order valence-electron chi connectivity index (χ4n) is 5.39. The fraction of sp³-hybridized carbons (Fsp3) is 0.467. The van der Waals surface area contributed by atoms with E-state index in [4.69, 9.17) is 16.6 Å². The molecule has 3 aromatic rings. The van der Waals surface area contributed by atoms with Crippen LogP contribution in [0.1, 0.15) is 93.9 Å². The van der Waals surface area contributed by atoms with E-state index in [1.807, 2.05) is 49.1 Å². The molecule has 2 N–H and O–H groups in total. The van der Waals surface area contributed by atoms with Crippen LogP contribution in [0.5, 0.6) is 0 Å². The van der Waals surface area contributed by atoms with Crippen molar-refractivity contribution in [1.29, 1.82) is 0 Å². The second-order valence-electron chi connectivity index (χ2n) is 12.4. The van der Waals surface area contributed by atoms with Gasteiger partial charge in [0.05, 0.1) is 6.04 Å². The van der Waals surface area contributed by atoms with Gasteiger partial charge >= 0.3 is 0 Å². The lowest BCUT2D eigenvalue weighted by atomic mass is 9.85. The Bertz CT molecular complexity index is 1370. The van der Waals surface area contributed by atoms with E-state index in [2.05, 4.69) is 60.6 Å². The van der Waals surface area contributed by atoms with E-state index in [0.717, 1.165) is 29.5 Å². The van der Waals surface area contributed by atoms with E-state index in [-0.39, 0.29) is 29.2 Å². The van der Waals surface area contributed by atoms with Gasteiger partial charge in [-0.3, -0.25) is 19.9 Å². The highest BCUT2D eigenvalue weighted by Crippen LogP contribution is 2.42. The van der Waals surface area contributed by atoms with Crippen molar-refractivity contribution in [2.24, 2.45) is 16.3 Å². The molecule has 2 aromatic carbocycles. The van der Waals surface area contributed by atoms with Gasteiger partial charge in [0.25, 0.3) is 17.8 Å². The molecule has 1 aromatic heterocycles. The highest BCUT2D eigenvalue weighted by atomic mass is 35.5. The first-order valence-corrected chi connectivity index (χ1v) is 14.0. The minimum Gasteiger partial charge on any atom is -0.306 e. The van der Waals surface area contributed by atoms with Crippen molar-refractivity contribution in [3.63, 3.8) is 0 Å². The summed E-state index contributed by atoms with van der Waals surface area (Å²) in [6.45, 7) is 14.9. The smallest absolute Gasteiger partial charge is 0.275 e. The molecule has 2 amide bonds. The van der Waals surface area contributed by atoms with Gasteiger partial charge in [-0.1, -0.05) is 63.5 Å². The molecule has 4 rings (SSSR count). The summed E-state index contributed by atoms with van der Waals surface area (Å²) >= 11 is 6.39. The summed E-state index contributed by atoms with van der Waals surface area (Å²) in [6.07, 6.45) is 2.35. The Morgan fingerprint density at radius 1 is 1.15 bits per heavy atom. The maximum Gasteiger partial charge on any atom is 0.275 e. The van der Waals surface area contributed by atoms with Gasteiger partial charge in [-0.2, -0.15) is 5.21 Å². The predicted molar refractivity (Wildman–Crippen MR) is 157 cm³/mol. The molecule has 0 aliphatic carbocycles. The SMILES string of the molecule is Cc1cc(Cl)cc(C2=NC(C)(CC(C)C)N([C@H](CCC(C)(C)C)c3ccc(C(=O)Nc4nn[nH]n4)cc3)C2=O)c1. The molecular weight excluding hydrogens is 526 g/mol. The highest BCUT2D eigenvalue weighted by Gasteiger charge is 2.48. The molecule has 9 nitrogen and oxygen atoms in total. The zero-order valence-electron chi connectivity index (χ0n) is 24.2. The van der Waals surface area contributed by atoms with Crippen LogP contribution >= 0.6 is 11.6 Å². The first-order chi connectivity index (χ1) is 18.8. The van der Waals surface area contributed by atoms with Crippen LogP contribution in [0.2, 0.25) is 5.02 Å². The summed E-state index contributed by atoms with van der Waals surface area (Å²) in [6, 6.07) is 12.8. The Morgan fingerprint density at radius 3 is 2.42 bits per heavy atom. The van der Waals surface area contributed by atoms with E-state index >= 15 is 0 Å². The van der Waals surface area contributed by atoms with Crippen molar-refractivity contribution < 1.29 is 9.59 Å². The number of aromatic nitrogens is 4. The first-order valence-electron chi connectivity index (χ1n) is 13.6. The lowest BCUT2D eigenvalue weighted by Gasteiger charge is -2.41. The number of carbonyl (C=O) groups is 2. The van der Waals surface area contributed by atoms with Gasteiger partial charge in [-0.15, -0.1) is 5.10 Å².